The van der Waals surface area contributed by atoms with Crippen molar-refractivity contribution < 1.29 is 4.79 Å². The number of benzene rings is 1. The van der Waals surface area contributed by atoms with E-state index in [4.69, 9.17) is 0 Å². The van der Waals surface area contributed by atoms with Gasteiger partial charge in [0.1, 0.15) is 0 Å². The maximum Gasteiger partial charge on any atom is 0.326 e. The molecule has 1 amide bonds. The lowest BCUT2D eigenvalue weighted by molar-refractivity contribution is 0.0499. The van der Waals surface area contributed by atoms with Crippen LogP contribution in [0.4, 0.5) is 0 Å². The Labute approximate surface area is 175 Å². The number of nitrogens with zero attached hydrogens (tertiary/aromatic N) is 4. The van der Waals surface area contributed by atoms with Crippen LogP contribution in [0.25, 0.3) is 11.0 Å². The number of piperazine rings is 1. The van der Waals surface area contributed by atoms with E-state index < -0.39 is 0 Å². The van der Waals surface area contributed by atoms with E-state index in [1.54, 1.807) is 18.5 Å². The summed E-state index contributed by atoms with van der Waals surface area (Å²) in [5, 5.41) is 0. The summed E-state index contributed by atoms with van der Waals surface area (Å²) in [6.07, 6.45) is 7.54. The molecule has 1 aliphatic heterocycles. The molecule has 0 radical (unpaired) electrons. The topological polar surface area (TPSA) is 74.2 Å². The van der Waals surface area contributed by atoms with Crippen LogP contribution < -0.4 is 5.69 Å². The van der Waals surface area contributed by atoms with Crippen LogP contribution in [-0.2, 0) is 0 Å². The summed E-state index contributed by atoms with van der Waals surface area (Å²) in [5.41, 5.74) is 2.59. The minimum atomic E-state index is 0.00202. The number of amides is 1. The summed E-state index contributed by atoms with van der Waals surface area (Å²) in [6.45, 7) is 3.34. The van der Waals surface area contributed by atoms with E-state index in [2.05, 4.69) is 14.9 Å². The summed E-state index contributed by atoms with van der Waals surface area (Å²) in [7, 11) is 0. The summed E-state index contributed by atoms with van der Waals surface area (Å²) in [6, 6.07) is 12.4. The van der Waals surface area contributed by atoms with E-state index in [9.17, 15) is 9.59 Å². The van der Waals surface area contributed by atoms with Crippen molar-refractivity contribution in [2.24, 2.45) is 0 Å². The van der Waals surface area contributed by atoms with E-state index in [0.29, 0.717) is 11.6 Å². The normalized spacial score (nSPS) is 23.0. The molecule has 3 aromatic rings. The number of carbonyl (C=O) groups excluding carboxylic acids is 1. The predicted octanol–water partition coefficient (Wildman–Crippen LogP) is 2.67. The summed E-state index contributed by atoms with van der Waals surface area (Å²) in [5.74, 6) is 0.0742. The number of para-hydroxylation sites is 2. The van der Waals surface area contributed by atoms with E-state index in [0.717, 1.165) is 62.9 Å². The second-order valence-corrected chi connectivity index (χ2v) is 8.35. The van der Waals surface area contributed by atoms with Crippen LogP contribution in [0.15, 0.2) is 53.6 Å². The zero-order chi connectivity index (χ0) is 20.5. The standard InChI is InChI=1S/C23H27N5O2/c29-22(17-4-3-11-24-16-17)27-14-12-26(13-15-27)18-7-9-19(10-8-18)28-21-6-2-1-5-20(21)25-23(28)30/h1-6,11,16,18-19H,7-10,12-15H2,(H,25,30)/t18-,19+. The first-order valence-electron chi connectivity index (χ1n) is 10.8. The van der Waals surface area contributed by atoms with Gasteiger partial charge in [0.05, 0.1) is 16.6 Å². The highest BCUT2D eigenvalue weighted by Gasteiger charge is 2.31. The Kier molecular flexibility index (Phi) is 5.12. The summed E-state index contributed by atoms with van der Waals surface area (Å²) in [4.78, 5) is 36.6. The lowest BCUT2D eigenvalue weighted by Gasteiger charge is -2.42. The van der Waals surface area contributed by atoms with E-state index in [1.807, 2.05) is 39.8 Å². The fraction of sp³-hybridized carbons (Fsp3) is 0.435. The van der Waals surface area contributed by atoms with E-state index >= 15 is 0 Å². The molecule has 2 aromatic heterocycles. The zero-order valence-electron chi connectivity index (χ0n) is 17.0. The van der Waals surface area contributed by atoms with Crippen LogP contribution in [0.2, 0.25) is 0 Å². The van der Waals surface area contributed by atoms with Crippen molar-refractivity contribution in [3.05, 3.63) is 64.8 Å². The molecule has 0 bridgehead atoms. The lowest BCUT2D eigenvalue weighted by Crippen LogP contribution is -2.52. The highest BCUT2D eigenvalue weighted by atomic mass is 16.2. The molecule has 0 spiro atoms. The number of fused-ring (bicyclic) bond motifs is 1. The quantitative estimate of drug-likeness (QED) is 0.727. The Morgan fingerprint density at radius 3 is 2.40 bits per heavy atom. The van der Waals surface area contributed by atoms with Gasteiger partial charge >= 0.3 is 5.69 Å². The van der Waals surface area contributed by atoms with Crippen LogP contribution in [0.3, 0.4) is 0 Å². The number of rotatable bonds is 3. The van der Waals surface area contributed by atoms with Crippen molar-refractivity contribution in [2.75, 3.05) is 26.2 Å². The molecule has 1 N–H and O–H groups in total. The number of hydrogen-bond acceptors (Lipinski definition) is 4. The number of H-pyrrole nitrogens is 1. The largest absolute Gasteiger partial charge is 0.336 e. The number of pyridine rings is 1. The SMILES string of the molecule is O=C(c1cccnc1)N1CCN([C@H]2CC[C@@H](n3c(=O)[nH]c4ccccc43)CC2)CC1. The van der Waals surface area contributed by atoms with Crippen LogP contribution >= 0.6 is 0 Å². The van der Waals surface area contributed by atoms with Gasteiger partial charge in [0.15, 0.2) is 0 Å². The molecule has 3 heterocycles. The third-order valence-electron chi connectivity index (χ3n) is 6.68. The number of aromatic amines is 1. The third kappa shape index (κ3) is 3.54. The molecule has 2 fully saturated rings. The van der Waals surface area contributed by atoms with Gasteiger partial charge in [0.2, 0.25) is 0 Å². The highest BCUT2D eigenvalue weighted by molar-refractivity contribution is 5.93. The third-order valence-corrected chi connectivity index (χ3v) is 6.68. The minimum Gasteiger partial charge on any atom is -0.336 e. The van der Waals surface area contributed by atoms with Crippen LogP contribution in [-0.4, -0.2) is 62.5 Å². The van der Waals surface area contributed by atoms with Crippen molar-refractivity contribution in [3.63, 3.8) is 0 Å². The molecule has 2 aliphatic rings. The highest BCUT2D eigenvalue weighted by Crippen LogP contribution is 2.32. The van der Waals surface area contributed by atoms with Crippen molar-refractivity contribution in [3.8, 4) is 0 Å². The molecule has 1 aliphatic carbocycles. The van der Waals surface area contributed by atoms with Gasteiger partial charge in [-0.2, -0.15) is 0 Å². The lowest BCUT2D eigenvalue weighted by atomic mass is 9.89. The molecule has 1 aromatic carbocycles. The number of carbonyl (C=O) groups is 1. The molecule has 1 saturated carbocycles. The van der Waals surface area contributed by atoms with Crippen LogP contribution in [0.5, 0.6) is 0 Å². The number of aromatic nitrogens is 3. The van der Waals surface area contributed by atoms with Gasteiger partial charge in [-0.25, -0.2) is 4.79 Å². The zero-order valence-corrected chi connectivity index (χ0v) is 17.0. The van der Waals surface area contributed by atoms with Crippen molar-refractivity contribution in [1.82, 2.24) is 24.3 Å². The van der Waals surface area contributed by atoms with Crippen molar-refractivity contribution in [2.45, 2.75) is 37.8 Å². The molecule has 30 heavy (non-hydrogen) atoms. The first kappa shape index (κ1) is 19.1. The summed E-state index contributed by atoms with van der Waals surface area (Å²) < 4.78 is 1.95. The Balaban J connectivity index is 1.18. The molecule has 1 saturated heterocycles. The van der Waals surface area contributed by atoms with Gasteiger partial charge in [0.25, 0.3) is 5.91 Å². The molecule has 0 unspecified atom stereocenters. The van der Waals surface area contributed by atoms with Crippen LogP contribution in [0, 0.1) is 0 Å². The first-order chi connectivity index (χ1) is 14.7. The van der Waals surface area contributed by atoms with Crippen LogP contribution in [0.1, 0.15) is 42.1 Å². The minimum absolute atomic E-state index is 0.00202. The van der Waals surface area contributed by atoms with Gasteiger partial charge in [-0.05, 0) is 49.9 Å². The van der Waals surface area contributed by atoms with Gasteiger partial charge in [-0.15, -0.1) is 0 Å². The molecular weight excluding hydrogens is 378 g/mol. The average molecular weight is 406 g/mol. The first-order valence-corrected chi connectivity index (χ1v) is 10.8. The maximum atomic E-state index is 12.6. The van der Waals surface area contributed by atoms with E-state index in [1.165, 1.54) is 0 Å². The Morgan fingerprint density at radius 2 is 1.67 bits per heavy atom. The molecule has 7 nitrogen and oxygen atoms in total. The predicted molar refractivity (Wildman–Crippen MR) is 116 cm³/mol. The Bertz CT molecular complexity index is 1070. The number of imidazole rings is 1. The fourth-order valence-corrected chi connectivity index (χ4v) is 5.08. The number of hydrogen-bond donors (Lipinski definition) is 1. The summed E-state index contributed by atoms with van der Waals surface area (Å²) >= 11 is 0. The van der Waals surface area contributed by atoms with Gasteiger partial charge in [0, 0.05) is 50.7 Å². The monoisotopic (exact) mass is 405 g/mol. The second-order valence-electron chi connectivity index (χ2n) is 8.35. The molecule has 0 atom stereocenters. The van der Waals surface area contributed by atoms with Gasteiger partial charge in [-0.1, -0.05) is 12.1 Å². The maximum absolute atomic E-state index is 12.6. The Morgan fingerprint density at radius 1 is 0.933 bits per heavy atom. The molecule has 5 rings (SSSR count). The number of nitrogens with one attached hydrogen (secondary N) is 1. The molecular formula is C23H27N5O2. The molecule has 156 valence electrons. The molecule has 7 heteroatoms. The Hall–Kier alpha value is -2.93. The van der Waals surface area contributed by atoms with E-state index in [-0.39, 0.29) is 17.6 Å². The van der Waals surface area contributed by atoms with Crippen molar-refractivity contribution >= 4 is 16.9 Å². The second kappa shape index (κ2) is 8.07. The van der Waals surface area contributed by atoms with Gasteiger partial charge in [-0.3, -0.25) is 19.2 Å². The smallest absolute Gasteiger partial charge is 0.326 e. The van der Waals surface area contributed by atoms with Gasteiger partial charge < -0.3 is 9.88 Å². The average Bonchev–Trinajstić information content (AvgIpc) is 3.15. The van der Waals surface area contributed by atoms with Crippen molar-refractivity contribution in [1.29, 1.82) is 0 Å². The fourth-order valence-electron chi connectivity index (χ4n) is 5.08.